The summed E-state index contributed by atoms with van der Waals surface area (Å²) in [6, 6.07) is 2.92. The monoisotopic (exact) mass is 450 g/mol. The third-order valence-corrected chi connectivity index (χ3v) is 6.61. The minimum Gasteiger partial charge on any atom is -0.453 e. The summed E-state index contributed by atoms with van der Waals surface area (Å²) in [4.78, 5) is 31.8. The lowest BCUT2D eigenvalue weighted by atomic mass is 9.81. The van der Waals surface area contributed by atoms with Crippen molar-refractivity contribution in [1.29, 1.82) is 0 Å². The molecule has 2 aliphatic carbocycles. The number of alkyl carbamates (subject to hydrolysis) is 2. The van der Waals surface area contributed by atoms with Crippen LogP contribution in [-0.4, -0.2) is 58.1 Å². The van der Waals surface area contributed by atoms with Crippen molar-refractivity contribution in [2.24, 2.45) is 33.7 Å². The van der Waals surface area contributed by atoms with E-state index in [-0.39, 0.29) is 12.2 Å². The molecule has 8 heteroatoms. The predicted octanol–water partition coefficient (Wildman–Crippen LogP) is 4.66. The van der Waals surface area contributed by atoms with Crippen molar-refractivity contribution in [2.45, 2.75) is 71.1 Å². The van der Waals surface area contributed by atoms with Gasteiger partial charge in [-0.25, -0.2) is 19.6 Å². The molecule has 0 saturated heterocycles. The highest BCUT2D eigenvalue weighted by molar-refractivity contribution is 5.67. The number of amides is 2. The summed E-state index contributed by atoms with van der Waals surface area (Å²) in [5, 5.41) is 5.72. The van der Waals surface area contributed by atoms with E-state index >= 15 is 0 Å². The Balaban J connectivity index is 1.62. The number of hydrogen-bond donors (Lipinski definition) is 2. The van der Waals surface area contributed by atoms with Gasteiger partial charge in [0.25, 0.3) is 0 Å². The summed E-state index contributed by atoms with van der Waals surface area (Å²) >= 11 is 0. The topological polar surface area (TPSA) is 101 Å². The molecule has 4 atom stereocenters. The fourth-order valence-electron chi connectivity index (χ4n) is 4.78. The molecule has 0 aromatic rings. The molecule has 0 aromatic heterocycles. The molecule has 2 fully saturated rings. The molecule has 2 N–H and O–H groups in total. The zero-order valence-electron chi connectivity index (χ0n) is 19.9. The molecule has 8 nitrogen and oxygen atoms in total. The third kappa shape index (κ3) is 11.0. The van der Waals surface area contributed by atoms with Crippen LogP contribution < -0.4 is 10.6 Å². The molecule has 0 aliphatic heterocycles. The minimum absolute atomic E-state index is 0.295. The van der Waals surface area contributed by atoms with Crippen LogP contribution in [-0.2, 0) is 9.47 Å². The summed E-state index contributed by atoms with van der Waals surface area (Å²) < 4.78 is 9.81. The lowest BCUT2D eigenvalue weighted by Crippen LogP contribution is -2.32. The van der Waals surface area contributed by atoms with Crippen molar-refractivity contribution in [2.75, 3.05) is 39.9 Å². The van der Waals surface area contributed by atoms with E-state index in [0.717, 1.165) is 51.6 Å². The molecular formula is C24H42N4O4. The van der Waals surface area contributed by atoms with E-state index in [1.165, 1.54) is 32.8 Å². The quantitative estimate of drug-likeness (QED) is 0.353. The SMILES string of the molecule is CCCCOC(=O)NCC1CCCC(CN=C=NCC2CCCC(CNC(=O)OC)C2)C1. The molecule has 4 unspecified atom stereocenters. The number of aliphatic imine (C=N–C) groups is 2. The van der Waals surface area contributed by atoms with E-state index < -0.39 is 0 Å². The van der Waals surface area contributed by atoms with Crippen LogP contribution in [0.2, 0.25) is 0 Å². The van der Waals surface area contributed by atoms with E-state index in [9.17, 15) is 9.59 Å². The molecule has 182 valence electrons. The predicted molar refractivity (Wildman–Crippen MR) is 125 cm³/mol. The molecule has 0 heterocycles. The van der Waals surface area contributed by atoms with Crippen LogP contribution in [0, 0.1) is 23.7 Å². The lowest BCUT2D eigenvalue weighted by Gasteiger charge is -2.28. The first-order chi connectivity index (χ1) is 15.6. The van der Waals surface area contributed by atoms with Crippen LogP contribution in [0.1, 0.15) is 71.1 Å². The smallest absolute Gasteiger partial charge is 0.407 e. The molecule has 2 amide bonds. The highest BCUT2D eigenvalue weighted by atomic mass is 16.5. The van der Waals surface area contributed by atoms with Gasteiger partial charge in [0.05, 0.1) is 32.8 Å². The molecular weight excluding hydrogens is 408 g/mol. The summed E-state index contributed by atoms with van der Waals surface area (Å²) in [6.45, 7) is 5.46. The number of ether oxygens (including phenoxy) is 2. The molecule has 32 heavy (non-hydrogen) atoms. The first kappa shape index (κ1) is 26.2. The van der Waals surface area contributed by atoms with Crippen LogP contribution in [0.5, 0.6) is 0 Å². The summed E-state index contributed by atoms with van der Waals surface area (Å²) in [5.41, 5.74) is 0. The Hall–Kier alpha value is -2.08. The van der Waals surface area contributed by atoms with Crippen LogP contribution in [0.4, 0.5) is 9.59 Å². The van der Waals surface area contributed by atoms with Gasteiger partial charge in [-0.1, -0.05) is 26.2 Å². The van der Waals surface area contributed by atoms with Gasteiger partial charge in [-0.3, -0.25) is 0 Å². The van der Waals surface area contributed by atoms with Crippen LogP contribution in [0.15, 0.2) is 9.98 Å². The number of unbranched alkanes of at least 4 members (excludes halogenated alkanes) is 1. The van der Waals surface area contributed by atoms with Gasteiger partial charge < -0.3 is 20.1 Å². The van der Waals surface area contributed by atoms with Gasteiger partial charge in [0.15, 0.2) is 0 Å². The zero-order valence-corrected chi connectivity index (χ0v) is 19.9. The maximum Gasteiger partial charge on any atom is 0.407 e. The van der Waals surface area contributed by atoms with Crippen LogP contribution in [0.3, 0.4) is 0 Å². The fraction of sp³-hybridized carbons (Fsp3) is 0.875. The van der Waals surface area contributed by atoms with Crippen molar-refractivity contribution >= 4 is 18.2 Å². The molecule has 2 aliphatic rings. The Morgan fingerprint density at radius 2 is 1.41 bits per heavy atom. The fourth-order valence-corrected chi connectivity index (χ4v) is 4.78. The number of nitrogens with zero attached hydrogens (tertiary/aromatic N) is 2. The summed E-state index contributed by atoms with van der Waals surface area (Å²) in [5.74, 6) is 2.07. The van der Waals surface area contributed by atoms with E-state index in [4.69, 9.17) is 4.74 Å². The Morgan fingerprint density at radius 3 is 1.94 bits per heavy atom. The maximum absolute atomic E-state index is 11.7. The normalized spacial score (nSPS) is 25.2. The number of carbonyl (C=O) groups excluding carboxylic acids is 2. The molecule has 2 saturated carbocycles. The number of carbonyl (C=O) groups is 2. The van der Waals surface area contributed by atoms with Crippen molar-refractivity contribution in [1.82, 2.24) is 10.6 Å². The molecule has 0 aromatic carbocycles. The van der Waals surface area contributed by atoms with E-state index in [1.54, 1.807) is 0 Å². The second kappa shape index (κ2) is 15.7. The average Bonchev–Trinajstić information content (AvgIpc) is 2.81. The minimum atomic E-state index is -0.357. The van der Waals surface area contributed by atoms with Crippen molar-refractivity contribution in [3.05, 3.63) is 0 Å². The molecule has 0 bridgehead atoms. The van der Waals surface area contributed by atoms with Crippen LogP contribution in [0.25, 0.3) is 0 Å². The zero-order chi connectivity index (χ0) is 23.0. The summed E-state index contributed by atoms with van der Waals surface area (Å²) in [7, 11) is 1.39. The van der Waals surface area contributed by atoms with Gasteiger partial charge in [-0.2, -0.15) is 0 Å². The van der Waals surface area contributed by atoms with Crippen LogP contribution >= 0.6 is 0 Å². The number of rotatable bonds is 11. The second-order valence-electron chi connectivity index (χ2n) is 9.32. The first-order valence-corrected chi connectivity index (χ1v) is 12.4. The highest BCUT2D eigenvalue weighted by Crippen LogP contribution is 2.29. The van der Waals surface area contributed by atoms with E-state index in [0.29, 0.717) is 43.4 Å². The third-order valence-electron chi connectivity index (χ3n) is 6.61. The van der Waals surface area contributed by atoms with Crippen molar-refractivity contribution < 1.29 is 19.1 Å². The largest absolute Gasteiger partial charge is 0.453 e. The standard InChI is InChI=1S/C24H42N4O4/c1-3-4-11-32-24(30)28-17-22-10-6-8-20(13-22)15-26-18-25-14-19-7-5-9-21(12-19)16-27-23(29)31-2/h19-22H,3-17H2,1-2H3,(H,27,29)(H,28,30). The Labute approximate surface area is 193 Å². The van der Waals surface area contributed by atoms with Gasteiger partial charge in [-0.15, -0.1) is 0 Å². The van der Waals surface area contributed by atoms with Gasteiger partial charge in [0, 0.05) is 13.1 Å². The first-order valence-electron chi connectivity index (χ1n) is 12.4. The van der Waals surface area contributed by atoms with E-state index in [1.807, 2.05) is 0 Å². The Morgan fingerprint density at radius 1 is 0.875 bits per heavy atom. The number of methoxy groups -OCH3 is 1. The molecule has 2 rings (SSSR count). The average molecular weight is 451 g/mol. The second-order valence-corrected chi connectivity index (χ2v) is 9.32. The number of hydrogen-bond acceptors (Lipinski definition) is 6. The Bertz CT molecular complexity index is 621. The van der Waals surface area contributed by atoms with Gasteiger partial charge in [-0.05, 0) is 68.6 Å². The van der Waals surface area contributed by atoms with Gasteiger partial charge in [0.2, 0.25) is 0 Å². The lowest BCUT2D eigenvalue weighted by molar-refractivity contribution is 0.140. The van der Waals surface area contributed by atoms with E-state index in [2.05, 4.69) is 38.3 Å². The summed E-state index contributed by atoms with van der Waals surface area (Å²) in [6.07, 6.45) is 10.4. The van der Waals surface area contributed by atoms with Crippen molar-refractivity contribution in [3.8, 4) is 0 Å². The molecule has 0 radical (unpaired) electrons. The highest BCUT2D eigenvalue weighted by Gasteiger charge is 2.23. The Kier molecular flexibility index (Phi) is 12.8. The van der Waals surface area contributed by atoms with Gasteiger partial charge in [0.1, 0.15) is 0 Å². The van der Waals surface area contributed by atoms with Crippen molar-refractivity contribution in [3.63, 3.8) is 0 Å². The number of nitrogens with one attached hydrogen (secondary N) is 2. The molecule has 0 spiro atoms. The van der Waals surface area contributed by atoms with Gasteiger partial charge >= 0.3 is 12.2 Å². The maximum atomic E-state index is 11.7.